The van der Waals surface area contributed by atoms with E-state index in [1.54, 1.807) is 0 Å². The number of hydrogen-bond acceptors (Lipinski definition) is 4. The van der Waals surface area contributed by atoms with Crippen LogP contribution in [0.2, 0.25) is 0 Å². The Balaban J connectivity index is 0.000000312. The summed E-state index contributed by atoms with van der Waals surface area (Å²) >= 11 is 0. The minimum Gasteiger partial charge on any atom is -0.726 e. The second kappa shape index (κ2) is 7.25. The van der Waals surface area contributed by atoms with Gasteiger partial charge in [-0.25, -0.2) is 8.42 Å². The highest BCUT2D eigenvalue weighted by atomic mass is 32.3. The minimum atomic E-state index is -4.92. The van der Waals surface area contributed by atoms with Crippen LogP contribution in [0.4, 0.5) is 0 Å². The largest absolute Gasteiger partial charge is 0.726 e. The smallest absolute Gasteiger partial charge is 0.215 e. The third-order valence-corrected chi connectivity index (χ3v) is 2.55. The molecule has 0 aliphatic carbocycles. The van der Waals surface area contributed by atoms with E-state index in [1.807, 2.05) is 0 Å². The van der Waals surface area contributed by atoms with Gasteiger partial charge in [-0.1, -0.05) is 30.3 Å². The molecule has 1 aliphatic heterocycles. The van der Waals surface area contributed by atoms with Crippen molar-refractivity contribution in [2.24, 2.45) is 0 Å². The lowest BCUT2D eigenvalue weighted by Crippen LogP contribution is -3.03. The van der Waals surface area contributed by atoms with Gasteiger partial charge in [-0.2, -0.15) is 0 Å². The molecule has 2 N–H and O–H groups in total. The van der Waals surface area contributed by atoms with Crippen LogP contribution in [0.25, 0.3) is 0 Å². The van der Waals surface area contributed by atoms with Crippen LogP contribution in [0.5, 0.6) is 0 Å². The number of hydrogen-bond donors (Lipinski definition) is 2. The summed E-state index contributed by atoms with van der Waals surface area (Å²) in [6.07, 6.45) is 5.53. The number of benzene rings is 1. The summed E-state index contributed by atoms with van der Waals surface area (Å²) in [5.74, 6) is 0. The molecule has 0 fully saturated rings. The fourth-order valence-corrected chi connectivity index (χ4v) is 1.73. The lowest BCUT2D eigenvalue weighted by Gasteiger charge is -2.14. The highest BCUT2D eigenvalue weighted by Gasteiger charge is 2.11. The summed E-state index contributed by atoms with van der Waals surface area (Å²) in [4.78, 5) is 3.82. The van der Waals surface area contributed by atoms with Crippen LogP contribution < -0.4 is 4.90 Å². The van der Waals surface area contributed by atoms with Gasteiger partial charge in [0, 0.05) is 6.54 Å². The maximum Gasteiger partial charge on any atom is 0.215 e. The van der Waals surface area contributed by atoms with Gasteiger partial charge in [0.05, 0.1) is 13.2 Å². The number of quaternary nitrogens is 1. The van der Waals surface area contributed by atoms with Crippen molar-refractivity contribution < 1.29 is 22.4 Å². The second-order valence-electron chi connectivity index (χ2n) is 4.30. The molecule has 1 unspecified atom stereocenters. The first-order valence-electron chi connectivity index (χ1n) is 5.81. The summed E-state index contributed by atoms with van der Waals surface area (Å²) in [6.45, 7) is 2.23. The molecule has 0 saturated carbocycles. The summed E-state index contributed by atoms with van der Waals surface area (Å²) in [5, 5.41) is 0. The van der Waals surface area contributed by atoms with E-state index in [2.05, 4.69) is 54.7 Å². The molecule has 0 radical (unpaired) electrons. The van der Waals surface area contributed by atoms with Gasteiger partial charge in [0.2, 0.25) is 10.4 Å². The highest BCUT2D eigenvalue weighted by molar-refractivity contribution is 7.79. The molecular formula is C12H18N2O4S. The molecule has 1 heterocycles. The van der Waals surface area contributed by atoms with Crippen molar-refractivity contribution in [1.82, 2.24) is 4.90 Å². The van der Waals surface area contributed by atoms with Gasteiger partial charge in [0.25, 0.3) is 0 Å². The Bertz CT molecular complexity index is 494. The average Bonchev–Trinajstić information content (AvgIpc) is 2.72. The molecule has 7 heteroatoms. The van der Waals surface area contributed by atoms with E-state index < -0.39 is 10.4 Å². The lowest BCUT2D eigenvalue weighted by molar-refractivity contribution is -0.826. The van der Waals surface area contributed by atoms with E-state index in [0.29, 0.717) is 0 Å². The number of nitrogens with one attached hydrogen (secondary N) is 1. The van der Waals surface area contributed by atoms with Gasteiger partial charge in [0.15, 0.2) is 6.67 Å². The van der Waals surface area contributed by atoms with Crippen molar-refractivity contribution in [2.75, 3.05) is 20.3 Å². The molecule has 0 aromatic heterocycles. The lowest BCUT2D eigenvalue weighted by atomic mass is 10.1. The zero-order chi connectivity index (χ0) is 14.3. The van der Waals surface area contributed by atoms with Gasteiger partial charge in [-0.3, -0.25) is 9.45 Å². The first-order valence-corrected chi connectivity index (χ1v) is 7.18. The summed E-state index contributed by atoms with van der Waals surface area (Å²) in [6, 6.07) is 10.7. The Labute approximate surface area is 113 Å². The molecular weight excluding hydrogens is 268 g/mol. The van der Waals surface area contributed by atoms with Crippen molar-refractivity contribution in [3.8, 4) is 0 Å². The summed E-state index contributed by atoms with van der Waals surface area (Å²) in [7, 11) is -2.74. The van der Waals surface area contributed by atoms with Gasteiger partial charge in [-0.15, -0.1) is 0 Å². The average molecular weight is 286 g/mol. The van der Waals surface area contributed by atoms with Crippen LogP contribution in [0.1, 0.15) is 5.56 Å². The maximum atomic E-state index is 8.63. The van der Waals surface area contributed by atoms with Crippen molar-refractivity contribution in [2.45, 2.75) is 6.42 Å². The van der Waals surface area contributed by atoms with Crippen LogP contribution in [0.3, 0.4) is 0 Å². The Morgan fingerprint density at radius 2 is 1.95 bits per heavy atom. The highest BCUT2D eigenvalue weighted by Crippen LogP contribution is 2.01. The predicted octanol–water partition coefficient (Wildman–Crippen LogP) is -0.507. The molecule has 1 atom stereocenters. The second-order valence-corrected chi connectivity index (χ2v) is 5.15. The summed E-state index contributed by atoms with van der Waals surface area (Å²) < 4.78 is 32.8. The van der Waals surface area contributed by atoms with Gasteiger partial charge >= 0.3 is 0 Å². The molecule has 19 heavy (non-hydrogen) atoms. The van der Waals surface area contributed by atoms with Crippen molar-refractivity contribution in [3.05, 3.63) is 48.3 Å². The van der Waals surface area contributed by atoms with Crippen LogP contribution in [-0.2, 0) is 16.8 Å². The molecule has 0 saturated heterocycles. The third kappa shape index (κ3) is 8.33. The Morgan fingerprint density at radius 1 is 1.37 bits per heavy atom. The van der Waals surface area contributed by atoms with Gasteiger partial charge < -0.3 is 9.45 Å². The molecule has 1 aliphatic rings. The summed E-state index contributed by atoms with van der Waals surface area (Å²) in [5.41, 5.74) is 1.42. The minimum absolute atomic E-state index is 1.10. The van der Waals surface area contributed by atoms with Gasteiger partial charge in [0.1, 0.15) is 6.20 Å². The molecule has 2 rings (SSSR count). The number of nitrogens with zero attached hydrogens (tertiary/aromatic N) is 1. The quantitative estimate of drug-likeness (QED) is 0.577. The van der Waals surface area contributed by atoms with Crippen LogP contribution >= 0.6 is 0 Å². The molecule has 0 amide bonds. The molecule has 0 bridgehead atoms. The first kappa shape index (κ1) is 15.6. The first-order chi connectivity index (χ1) is 8.84. The maximum absolute atomic E-state index is 8.63. The standard InChI is InChI=1S/C12H16N2.H2O4S/c1-13-9-10-14(11-13)8-7-12-5-3-2-4-6-12;1-5(2,3)4/h2-6,9-10H,7-8,11H2,1H3;(H2,1,2,3,4). The van der Waals surface area contributed by atoms with E-state index in [0.717, 1.165) is 19.6 Å². The van der Waals surface area contributed by atoms with Gasteiger partial charge in [-0.05, 0) is 12.0 Å². The fourth-order valence-electron chi connectivity index (χ4n) is 1.73. The fraction of sp³-hybridized carbons (Fsp3) is 0.333. The normalized spacial score (nSPS) is 18.1. The van der Waals surface area contributed by atoms with Crippen molar-refractivity contribution in [3.63, 3.8) is 0 Å². The SMILES string of the molecule is C[NH+]1C=CN(CCc2ccccc2)C1.O=S(=O)([O-])O. The monoisotopic (exact) mass is 286 g/mol. The van der Waals surface area contributed by atoms with E-state index >= 15 is 0 Å². The molecule has 1 aromatic rings. The van der Waals surface area contributed by atoms with E-state index in [-0.39, 0.29) is 0 Å². The van der Waals surface area contributed by atoms with Crippen molar-refractivity contribution in [1.29, 1.82) is 0 Å². The molecule has 106 valence electrons. The molecule has 6 nitrogen and oxygen atoms in total. The van der Waals surface area contributed by atoms with Crippen LogP contribution in [-0.4, -0.2) is 42.7 Å². The zero-order valence-electron chi connectivity index (χ0n) is 10.7. The topological polar surface area (TPSA) is 85.1 Å². The molecule has 0 spiro atoms. The predicted molar refractivity (Wildman–Crippen MR) is 70.1 cm³/mol. The molecule has 1 aromatic carbocycles. The van der Waals surface area contributed by atoms with Crippen LogP contribution in [0, 0.1) is 0 Å². The Kier molecular flexibility index (Phi) is 5.97. The third-order valence-electron chi connectivity index (χ3n) is 2.55. The van der Waals surface area contributed by atoms with Crippen LogP contribution in [0.15, 0.2) is 42.7 Å². The van der Waals surface area contributed by atoms with E-state index in [4.69, 9.17) is 17.5 Å². The number of rotatable bonds is 3. The van der Waals surface area contributed by atoms with E-state index in [1.165, 1.54) is 10.5 Å². The Morgan fingerprint density at radius 3 is 2.42 bits per heavy atom. The van der Waals surface area contributed by atoms with Crippen molar-refractivity contribution >= 4 is 10.4 Å². The van der Waals surface area contributed by atoms with E-state index in [9.17, 15) is 0 Å². The Hall–Kier alpha value is -1.41. The zero-order valence-corrected chi connectivity index (χ0v) is 11.5.